The Balaban J connectivity index is 1.65. The van der Waals surface area contributed by atoms with Crippen LogP contribution in [0.3, 0.4) is 0 Å². The summed E-state index contributed by atoms with van der Waals surface area (Å²) in [6, 6.07) is 7.72. The van der Waals surface area contributed by atoms with Crippen LogP contribution in [-0.4, -0.2) is 27.8 Å². The smallest absolute Gasteiger partial charge is 0.423 e. The molecule has 1 aromatic carbocycles. The summed E-state index contributed by atoms with van der Waals surface area (Å²) in [5.74, 6) is -0.361. The fourth-order valence-electron chi connectivity index (χ4n) is 3.67. The third kappa shape index (κ3) is 2.83. The van der Waals surface area contributed by atoms with E-state index in [0.29, 0.717) is 23.6 Å². The number of aromatic nitrogens is 2. The highest BCUT2D eigenvalue weighted by Crippen LogP contribution is 2.36. The van der Waals surface area contributed by atoms with Crippen molar-refractivity contribution >= 4 is 30.0 Å². The van der Waals surface area contributed by atoms with Crippen LogP contribution in [0.25, 0.3) is 0 Å². The molecule has 1 aromatic heterocycles. The average molecular weight is 351 g/mol. The maximum atomic E-state index is 11.8. The van der Waals surface area contributed by atoms with Gasteiger partial charge in [-0.25, -0.2) is 0 Å². The van der Waals surface area contributed by atoms with E-state index >= 15 is 0 Å². The average Bonchev–Trinajstić information content (AvgIpc) is 3.33. The number of fused-ring (bicyclic) bond motifs is 1. The Morgan fingerprint density at radius 1 is 1.50 bits per heavy atom. The Morgan fingerprint density at radius 3 is 3.12 bits per heavy atom. The number of hydrogen-bond acceptors (Lipinski definition) is 6. The van der Waals surface area contributed by atoms with E-state index in [2.05, 4.69) is 16.5 Å². The van der Waals surface area contributed by atoms with Gasteiger partial charge in [0.1, 0.15) is 5.56 Å². The van der Waals surface area contributed by atoms with Gasteiger partial charge in [-0.1, -0.05) is 6.07 Å². The van der Waals surface area contributed by atoms with Crippen LogP contribution in [0.1, 0.15) is 41.2 Å². The van der Waals surface area contributed by atoms with Gasteiger partial charge in [-0.05, 0) is 42.4 Å². The van der Waals surface area contributed by atoms with Gasteiger partial charge >= 0.3 is 7.12 Å². The van der Waals surface area contributed by atoms with Crippen LogP contribution in [0, 0.1) is 17.2 Å². The third-order valence-electron chi connectivity index (χ3n) is 5.05. The lowest BCUT2D eigenvalue weighted by molar-refractivity contribution is 0.100. The SMILES string of the molecule is N#CC1CCCC1n1cc(C(N)=O)c(Nc2ccc3c(c2)B(O)OC3)n1. The Hall–Kier alpha value is -2.83. The summed E-state index contributed by atoms with van der Waals surface area (Å²) < 4.78 is 6.86. The predicted molar refractivity (Wildman–Crippen MR) is 94.9 cm³/mol. The third-order valence-corrected chi connectivity index (χ3v) is 5.05. The van der Waals surface area contributed by atoms with Gasteiger partial charge in [0, 0.05) is 11.9 Å². The van der Waals surface area contributed by atoms with E-state index in [1.165, 1.54) is 0 Å². The summed E-state index contributed by atoms with van der Waals surface area (Å²) in [6.45, 7) is 0.370. The zero-order valence-corrected chi connectivity index (χ0v) is 14.1. The van der Waals surface area contributed by atoms with Crippen molar-refractivity contribution in [1.29, 1.82) is 5.26 Å². The van der Waals surface area contributed by atoms with Crippen LogP contribution in [0.4, 0.5) is 11.5 Å². The molecular formula is C17H18BN5O3. The van der Waals surface area contributed by atoms with E-state index in [4.69, 9.17) is 10.4 Å². The largest absolute Gasteiger partial charge is 0.491 e. The summed E-state index contributed by atoms with van der Waals surface area (Å²) in [5, 5.41) is 26.7. The zero-order chi connectivity index (χ0) is 18.3. The number of primary amides is 1. The molecule has 1 saturated carbocycles. The molecule has 1 amide bonds. The molecule has 2 atom stereocenters. The number of carbonyl (C=O) groups is 1. The number of amides is 1. The van der Waals surface area contributed by atoms with Crippen LogP contribution in [0.15, 0.2) is 24.4 Å². The first-order valence-electron chi connectivity index (χ1n) is 8.55. The van der Waals surface area contributed by atoms with E-state index in [1.54, 1.807) is 16.9 Å². The predicted octanol–water partition coefficient (Wildman–Crippen LogP) is 0.808. The Bertz CT molecular complexity index is 906. The molecule has 4 rings (SSSR count). The lowest BCUT2D eigenvalue weighted by Gasteiger charge is -2.13. The standard InChI is InChI=1S/C17H18BN5O3/c19-7-10-2-1-3-15(10)23-8-13(16(20)24)17(22-23)21-12-5-4-11-9-26-18(25)14(11)6-12/h4-6,8,10,15,25H,1-3,9H2,(H2,20,24)(H,21,22). The van der Waals surface area contributed by atoms with Crippen LogP contribution in [-0.2, 0) is 11.3 Å². The second-order valence-corrected chi connectivity index (χ2v) is 6.67. The maximum Gasteiger partial charge on any atom is 0.491 e. The molecule has 132 valence electrons. The minimum Gasteiger partial charge on any atom is -0.423 e. The molecule has 26 heavy (non-hydrogen) atoms. The monoisotopic (exact) mass is 351 g/mol. The van der Waals surface area contributed by atoms with Crippen molar-refractivity contribution < 1.29 is 14.5 Å². The second kappa shape index (κ2) is 6.48. The quantitative estimate of drug-likeness (QED) is 0.700. The first-order valence-corrected chi connectivity index (χ1v) is 8.55. The lowest BCUT2D eigenvalue weighted by atomic mass is 9.79. The molecule has 4 N–H and O–H groups in total. The Kier molecular flexibility index (Phi) is 4.14. The summed E-state index contributed by atoms with van der Waals surface area (Å²) in [5.41, 5.74) is 8.06. The van der Waals surface area contributed by atoms with Crippen LogP contribution in [0.2, 0.25) is 0 Å². The van der Waals surface area contributed by atoms with E-state index < -0.39 is 13.0 Å². The first kappa shape index (κ1) is 16.6. The molecule has 1 fully saturated rings. The highest BCUT2D eigenvalue weighted by Gasteiger charge is 2.31. The molecule has 1 aliphatic heterocycles. The van der Waals surface area contributed by atoms with Crippen molar-refractivity contribution in [3.05, 3.63) is 35.5 Å². The number of hydrogen-bond donors (Lipinski definition) is 3. The molecule has 0 saturated heterocycles. The minimum atomic E-state index is -0.949. The minimum absolute atomic E-state index is 0.0520. The zero-order valence-electron chi connectivity index (χ0n) is 14.1. The summed E-state index contributed by atoms with van der Waals surface area (Å²) in [4.78, 5) is 11.8. The van der Waals surface area contributed by atoms with Crippen LogP contribution >= 0.6 is 0 Å². The van der Waals surface area contributed by atoms with Gasteiger partial charge in [0.25, 0.3) is 5.91 Å². The van der Waals surface area contributed by atoms with E-state index in [1.807, 2.05) is 12.1 Å². The fraction of sp³-hybridized carbons (Fsp3) is 0.353. The molecule has 1 aliphatic carbocycles. The molecule has 2 aromatic rings. The molecule has 8 nitrogen and oxygen atoms in total. The van der Waals surface area contributed by atoms with Gasteiger partial charge in [-0.3, -0.25) is 9.48 Å². The number of nitrogens with one attached hydrogen (secondary N) is 1. The van der Waals surface area contributed by atoms with E-state index in [0.717, 1.165) is 24.8 Å². The molecule has 2 unspecified atom stereocenters. The highest BCUT2D eigenvalue weighted by molar-refractivity contribution is 6.61. The molecule has 2 aliphatic rings. The molecule has 9 heteroatoms. The number of benzene rings is 1. The van der Waals surface area contributed by atoms with Crippen molar-refractivity contribution in [2.75, 3.05) is 5.32 Å². The van der Waals surface area contributed by atoms with Crippen LogP contribution < -0.4 is 16.5 Å². The maximum absolute atomic E-state index is 11.8. The van der Waals surface area contributed by atoms with Crippen molar-refractivity contribution in [1.82, 2.24) is 9.78 Å². The highest BCUT2D eigenvalue weighted by atomic mass is 16.5. The number of carbonyl (C=O) groups excluding carboxylic acids is 1. The number of nitrogens with zero attached hydrogens (tertiary/aromatic N) is 3. The van der Waals surface area contributed by atoms with Crippen molar-refractivity contribution in [2.24, 2.45) is 11.7 Å². The Morgan fingerprint density at radius 2 is 2.35 bits per heavy atom. The summed E-state index contributed by atoms with van der Waals surface area (Å²) >= 11 is 0. The molecule has 0 bridgehead atoms. The summed E-state index contributed by atoms with van der Waals surface area (Å²) in [7, 11) is -0.949. The first-order chi connectivity index (χ1) is 12.6. The van der Waals surface area contributed by atoms with E-state index in [9.17, 15) is 15.1 Å². The fourth-order valence-corrected chi connectivity index (χ4v) is 3.67. The topological polar surface area (TPSA) is 126 Å². The summed E-state index contributed by atoms with van der Waals surface area (Å²) in [6.07, 6.45) is 4.24. The van der Waals surface area contributed by atoms with Crippen LogP contribution in [0.5, 0.6) is 0 Å². The van der Waals surface area contributed by atoms with Gasteiger partial charge in [0.05, 0.1) is 24.6 Å². The van der Waals surface area contributed by atoms with Crippen molar-refractivity contribution in [2.45, 2.75) is 31.9 Å². The molecule has 0 spiro atoms. The number of nitriles is 1. The number of rotatable bonds is 4. The number of nitrogens with two attached hydrogens (primary N) is 1. The van der Waals surface area contributed by atoms with Crippen molar-refractivity contribution in [3.63, 3.8) is 0 Å². The van der Waals surface area contributed by atoms with Gasteiger partial charge in [-0.2, -0.15) is 10.4 Å². The molecule has 2 heterocycles. The van der Waals surface area contributed by atoms with Gasteiger partial charge < -0.3 is 20.7 Å². The number of anilines is 2. The normalized spacial score (nSPS) is 21.5. The van der Waals surface area contributed by atoms with E-state index in [-0.39, 0.29) is 17.5 Å². The molecular weight excluding hydrogens is 333 g/mol. The molecule has 0 radical (unpaired) electrons. The van der Waals surface area contributed by atoms with Gasteiger partial charge in [0.2, 0.25) is 0 Å². The van der Waals surface area contributed by atoms with Crippen molar-refractivity contribution in [3.8, 4) is 6.07 Å². The Labute approximate surface area is 150 Å². The lowest BCUT2D eigenvalue weighted by Crippen LogP contribution is -2.28. The van der Waals surface area contributed by atoms with Gasteiger partial charge in [0.15, 0.2) is 5.82 Å². The second-order valence-electron chi connectivity index (χ2n) is 6.67. The van der Waals surface area contributed by atoms with Gasteiger partial charge in [-0.15, -0.1) is 0 Å².